The fourth-order valence-corrected chi connectivity index (χ4v) is 5.99. The third-order valence-corrected chi connectivity index (χ3v) is 8.32. The van der Waals surface area contributed by atoms with Crippen molar-refractivity contribution in [1.29, 1.82) is 0 Å². The van der Waals surface area contributed by atoms with Gasteiger partial charge in [-0.3, -0.25) is 4.79 Å². The number of anilines is 4. The van der Waals surface area contributed by atoms with Crippen molar-refractivity contribution in [2.24, 2.45) is 0 Å². The number of carbonyl (C=O) groups excluding carboxylic acids is 1. The summed E-state index contributed by atoms with van der Waals surface area (Å²) < 4.78 is 52.9. The number of carbonyl (C=O) groups is 1. The summed E-state index contributed by atoms with van der Waals surface area (Å²) in [4.78, 5) is 31.7. The molecule has 1 fully saturated rings. The Labute approximate surface area is 235 Å². The molecule has 1 aliphatic carbocycles. The zero-order valence-corrected chi connectivity index (χ0v) is 23.4. The van der Waals surface area contributed by atoms with Gasteiger partial charge in [0.2, 0.25) is 12.1 Å². The second-order valence-corrected chi connectivity index (χ2v) is 11.9. The molecule has 1 aliphatic heterocycles. The highest BCUT2D eigenvalue weighted by Crippen LogP contribution is 2.44. The molecule has 0 bridgehead atoms. The normalized spacial score (nSPS) is 21.0. The van der Waals surface area contributed by atoms with E-state index in [0.717, 1.165) is 24.0 Å². The first kappa shape index (κ1) is 28.9. The maximum Gasteiger partial charge on any atom is 0.510 e. The van der Waals surface area contributed by atoms with E-state index in [1.54, 1.807) is 37.4 Å². The molecule has 0 spiro atoms. The first-order valence-electron chi connectivity index (χ1n) is 13.1. The van der Waals surface area contributed by atoms with E-state index in [1.165, 1.54) is 4.90 Å². The SMILES string of the molecule is CN1Cc2c(C3CCC(C)(O)CC3)ccc(Nc3nc(Nc4ccc(C[P+](=O)O)cc4)ncc3C(F)(F)F)c2C1=O. The van der Waals surface area contributed by atoms with E-state index in [4.69, 9.17) is 4.89 Å². The lowest BCUT2D eigenvalue weighted by molar-refractivity contribution is -0.137. The van der Waals surface area contributed by atoms with Crippen molar-refractivity contribution in [3.8, 4) is 0 Å². The Bertz CT molecular complexity index is 1490. The lowest BCUT2D eigenvalue weighted by Crippen LogP contribution is -2.29. The van der Waals surface area contributed by atoms with Gasteiger partial charge in [0.1, 0.15) is 11.4 Å². The Hall–Kier alpha value is -3.60. The van der Waals surface area contributed by atoms with Gasteiger partial charge >= 0.3 is 14.2 Å². The van der Waals surface area contributed by atoms with E-state index >= 15 is 0 Å². The van der Waals surface area contributed by atoms with E-state index in [9.17, 15) is 27.6 Å². The van der Waals surface area contributed by atoms with E-state index < -0.39 is 31.2 Å². The number of hydrogen-bond acceptors (Lipinski definition) is 7. The van der Waals surface area contributed by atoms with Gasteiger partial charge in [0.25, 0.3) is 5.91 Å². The Morgan fingerprint density at radius 2 is 1.80 bits per heavy atom. The van der Waals surface area contributed by atoms with Crippen LogP contribution in [0.2, 0.25) is 0 Å². The fraction of sp³-hybridized carbons (Fsp3) is 0.393. The summed E-state index contributed by atoms with van der Waals surface area (Å²) in [5.74, 6) is -0.762. The minimum atomic E-state index is -4.76. The summed E-state index contributed by atoms with van der Waals surface area (Å²) in [6.07, 6.45) is -1.33. The van der Waals surface area contributed by atoms with Crippen molar-refractivity contribution in [3.63, 3.8) is 0 Å². The summed E-state index contributed by atoms with van der Waals surface area (Å²) in [6, 6.07) is 9.93. The van der Waals surface area contributed by atoms with Crippen molar-refractivity contribution >= 4 is 37.1 Å². The Morgan fingerprint density at radius 1 is 1.12 bits per heavy atom. The van der Waals surface area contributed by atoms with Gasteiger partial charge in [-0.1, -0.05) is 18.2 Å². The number of nitrogens with one attached hydrogen (secondary N) is 2. The molecule has 1 aromatic heterocycles. The molecule has 41 heavy (non-hydrogen) atoms. The average Bonchev–Trinajstić information content (AvgIpc) is 3.19. The lowest BCUT2D eigenvalue weighted by Gasteiger charge is -2.34. The van der Waals surface area contributed by atoms with Crippen molar-refractivity contribution in [2.75, 3.05) is 17.7 Å². The maximum absolute atomic E-state index is 14.0. The highest BCUT2D eigenvalue weighted by Gasteiger charge is 2.38. The van der Waals surface area contributed by atoms with Crippen LogP contribution < -0.4 is 10.6 Å². The quantitative estimate of drug-likeness (QED) is 0.240. The van der Waals surface area contributed by atoms with Crippen molar-refractivity contribution in [1.82, 2.24) is 14.9 Å². The molecule has 0 saturated heterocycles. The molecule has 13 heteroatoms. The number of alkyl halides is 3. The predicted molar refractivity (Wildman–Crippen MR) is 148 cm³/mol. The molecule has 1 saturated carbocycles. The predicted octanol–water partition coefficient (Wildman–Crippen LogP) is 6.21. The van der Waals surface area contributed by atoms with Crippen LogP contribution >= 0.6 is 8.03 Å². The number of halogens is 3. The number of aromatic nitrogens is 2. The second kappa shape index (κ2) is 11.0. The largest absolute Gasteiger partial charge is 0.510 e. The molecule has 2 aliphatic rings. The van der Waals surface area contributed by atoms with Gasteiger partial charge in [-0.2, -0.15) is 23.0 Å². The number of nitrogens with zero attached hydrogens (tertiary/aromatic N) is 3. The topological polar surface area (TPSA) is 128 Å². The number of benzene rings is 2. The molecule has 1 atom stereocenters. The molecule has 4 N–H and O–H groups in total. The molecule has 2 heterocycles. The number of rotatable bonds is 7. The monoisotopic (exact) mass is 588 g/mol. The number of fused-ring (bicyclic) bond motifs is 1. The highest BCUT2D eigenvalue weighted by molar-refractivity contribution is 7.37. The minimum Gasteiger partial charge on any atom is -0.390 e. The zero-order chi connectivity index (χ0) is 29.5. The van der Waals surface area contributed by atoms with Gasteiger partial charge in [-0.15, -0.1) is 0 Å². The Balaban J connectivity index is 1.47. The van der Waals surface area contributed by atoms with Gasteiger partial charge in [-0.05, 0) is 72.4 Å². The number of hydrogen-bond donors (Lipinski definition) is 4. The minimum absolute atomic E-state index is 0.0148. The molecule has 5 rings (SSSR count). The fourth-order valence-electron chi connectivity index (χ4n) is 5.47. The van der Waals surface area contributed by atoms with Gasteiger partial charge in [-0.25, -0.2) is 4.98 Å². The van der Waals surface area contributed by atoms with Gasteiger partial charge < -0.3 is 20.6 Å². The first-order chi connectivity index (χ1) is 19.3. The second-order valence-electron chi connectivity index (χ2n) is 10.9. The molecule has 0 radical (unpaired) electrons. The van der Waals surface area contributed by atoms with Crippen LogP contribution in [-0.4, -0.2) is 43.4 Å². The third-order valence-electron chi connectivity index (χ3n) is 7.68. The molecular weight excluding hydrogens is 558 g/mol. The standard InChI is InChI=1S/C28H29F3N5O4P/c1-27(38)11-9-17(10-12-27)19-7-8-22(23-20(19)14-36(2)25(23)37)34-24-21(28(29,30)31)13-32-26(35-24)33-18-5-3-16(4-6-18)15-41(39)40/h3-8,13,17,38H,9-12,14-15H2,1-2H3,(H2-,32,33,34,35,37,39,40)/p+1. The Kier molecular flexibility index (Phi) is 7.76. The van der Waals surface area contributed by atoms with Crippen LogP contribution in [0.25, 0.3) is 0 Å². The van der Waals surface area contributed by atoms with Crippen LogP contribution in [0.4, 0.5) is 36.3 Å². The van der Waals surface area contributed by atoms with Crippen molar-refractivity contribution < 1.29 is 32.5 Å². The third kappa shape index (κ3) is 6.34. The lowest BCUT2D eigenvalue weighted by atomic mass is 9.75. The van der Waals surface area contributed by atoms with Gasteiger partial charge in [0, 0.05) is 31.0 Å². The maximum atomic E-state index is 14.0. The highest BCUT2D eigenvalue weighted by atomic mass is 31.1. The van der Waals surface area contributed by atoms with Crippen LogP contribution in [0.3, 0.4) is 0 Å². The molecule has 9 nitrogen and oxygen atoms in total. The molecule has 1 amide bonds. The molecule has 216 valence electrons. The smallest absolute Gasteiger partial charge is 0.390 e. The van der Waals surface area contributed by atoms with E-state index in [0.29, 0.717) is 42.4 Å². The van der Waals surface area contributed by atoms with Crippen LogP contribution in [0.15, 0.2) is 42.6 Å². The zero-order valence-electron chi connectivity index (χ0n) is 22.5. The molecule has 2 aromatic carbocycles. The van der Waals surface area contributed by atoms with Crippen molar-refractivity contribution in [3.05, 3.63) is 70.4 Å². The summed E-state index contributed by atoms with van der Waals surface area (Å²) in [6.45, 7) is 2.16. The molecule has 3 aromatic rings. The molecular formula is C28H30F3N5O4P+. The van der Waals surface area contributed by atoms with Crippen LogP contribution in [-0.2, 0) is 23.4 Å². The Morgan fingerprint density at radius 3 is 2.44 bits per heavy atom. The molecule has 1 unspecified atom stereocenters. The van der Waals surface area contributed by atoms with Crippen LogP contribution in [0.1, 0.15) is 71.1 Å². The first-order valence-corrected chi connectivity index (χ1v) is 14.5. The summed E-state index contributed by atoms with van der Waals surface area (Å²) in [5.41, 5.74) is 1.59. The van der Waals surface area contributed by atoms with E-state index in [2.05, 4.69) is 20.6 Å². The van der Waals surface area contributed by atoms with Gasteiger partial charge in [0.15, 0.2) is 0 Å². The summed E-state index contributed by atoms with van der Waals surface area (Å²) in [7, 11) is -0.691. The van der Waals surface area contributed by atoms with Crippen molar-refractivity contribution in [2.45, 2.75) is 63.0 Å². The van der Waals surface area contributed by atoms with Crippen LogP contribution in [0.5, 0.6) is 0 Å². The summed E-state index contributed by atoms with van der Waals surface area (Å²) in [5, 5.41) is 16.0. The van der Waals surface area contributed by atoms with E-state index in [-0.39, 0.29) is 29.6 Å². The number of amides is 1. The average molecular weight is 589 g/mol. The summed E-state index contributed by atoms with van der Waals surface area (Å²) >= 11 is 0. The number of aliphatic hydroxyl groups is 1. The van der Waals surface area contributed by atoms with E-state index in [1.807, 2.05) is 13.0 Å². The van der Waals surface area contributed by atoms with Gasteiger partial charge in [0.05, 0.1) is 16.9 Å². The van der Waals surface area contributed by atoms with Crippen LogP contribution in [0, 0.1) is 0 Å².